The summed E-state index contributed by atoms with van der Waals surface area (Å²) in [6, 6.07) is 3.47. The molecule has 0 saturated heterocycles. The third-order valence-corrected chi connectivity index (χ3v) is 3.66. The molecular formula is C12H10Br2ClN3O. The largest absolute Gasteiger partial charge is 0.343 e. The summed E-state index contributed by atoms with van der Waals surface area (Å²) in [5.41, 5.74) is 1.03. The van der Waals surface area contributed by atoms with Crippen LogP contribution < -0.4 is 5.32 Å². The molecule has 19 heavy (non-hydrogen) atoms. The van der Waals surface area contributed by atoms with Crippen LogP contribution in [0.2, 0.25) is 5.15 Å². The van der Waals surface area contributed by atoms with Crippen LogP contribution in [0.4, 0.5) is 5.69 Å². The molecule has 1 amide bonds. The second kappa shape index (κ2) is 6.07. The number of amides is 1. The summed E-state index contributed by atoms with van der Waals surface area (Å²) in [6.45, 7) is 2.68. The Labute approximate surface area is 132 Å². The van der Waals surface area contributed by atoms with Gasteiger partial charge in [-0.25, -0.2) is 4.98 Å². The Hall–Kier alpha value is -0.850. The molecule has 2 aromatic heterocycles. The van der Waals surface area contributed by atoms with Crippen LogP contribution in [-0.2, 0) is 6.54 Å². The maximum absolute atomic E-state index is 12.2. The number of carbonyl (C=O) groups excluding carboxylic acids is 1. The van der Waals surface area contributed by atoms with Gasteiger partial charge in [-0.3, -0.25) is 4.79 Å². The Morgan fingerprint density at radius 2 is 2.16 bits per heavy atom. The Morgan fingerprint density at radius 3 is 2.84 bits per heavy atom. The fourth-order valence-electron chi connectivity index (χ4n) is 1.62. The van der Waals surface area contributed by atoms with E-state index in [1.807, 2.05) is 17.7 Å². The van der Waals surface area contributed by atoms with E-state index in [2.05, 4.69) is 42.2 Å². The maximum Gasteiger partial charge on any atom is 0.272 e. The number of hydrogen-bond donors (Lipinski definition) is 1. The number of pyridine rings is 1. The van der Waals surface area contributed by atoms with Crippen LogP contribution in [0.25, 0.3) is 0 Å². The van der Waals surface area contributed by atoms with Gasteiger partial charge in [0.05, 0.1) is 5.69 Å². The van der Waals surface area contributed by atoms with Gasteiger partial charge in [0, 0.05) is 27.9 Å². The van der Waals surface area contributed by atoms with Crippen LogP contribution in [0.15, 0.2) is 33.5 Å². The van der Waals surface area contributed by atoms with Crippen LogP contribution in [0.5, 0.6) is 0 Å². The molecule has 0 atom stereocenters. The van der Waals surface area contributed by atoms with E-state index in [4.69, 9.17) is 11.6 Å². The zero-order valence-electron chi connectivity index (χ0n) is 9.95. The van der Waals surface area contributed by atoms with Gasteiger partial charge in [-0.2, -0.15) is 0 Å². The van der Waals surface area contributed by atoms with E-state index in [1.54, 1.807) is 18.3 Å². The normalized spacial score (nSPS) is 10.5. The molecule has 0 bridgehead atoms. The zero-order valence-corrected chi connectivity index (χ0v) is 13.9. The van der Waals surface area contributed by atoms with Crippen LogP contribution >= 0.6 is 43.5 Å². The van der Waals surface area contributed by atoms with Crippen molar-refractivity contribution in [3.63, 3.8) is 0 Å². The molecule has 100 valence electrons. The highest BCUT2D eigenvalue weighted by Crippen LogP contribution is 2.24. The summed E-state index contributed by atoms with van der Waals surface area (Å²) in [5.74, 6) is -0.227. The zero-order chi connectivity index (χ0) is 14.0. The average molecular weight is 407 g/mol. The summed E-state index contributed by atoms with van der Waals surface area (Å²) < 4.78 is 3.45. The molecule has 0 aliphatic rings. The topological polar surface area (TPSA) is 46.9 Å². The van der Waals surface area contributed by atoms with E-state index in [0.29, 0.717) is 17.9 Å². The second-order valence-electron chi connectivity index (χ2n) is 3.78. The summed E-state index contributed by atoms with van der Waals surface area (Å²) in [4.78, 5) is 16.2. The number of aromatic nitrogens is 2. The number of anilines is 1. The minimum Gasteiger partial charge on any atom is -0.343 e. The minimum absolute atomic E-state index is 0.227. The Balaban J connectivity index is 2.27. The molecule has 2 rings (SSSR count). The van der Waals surface area contributed by atoms with E-state index in [9.17, 15) is 4.79 Å². The van der Waals surface area contributed by atoms with Crippen LogP contribution in [-0.4, -0.2) is 15.5 Å². The van der Waals surface area contributed by atoms with Gasteiger partial charge in [0.15, 0.2) is 5.15 Å². The number of rotatable bonds is 3. The van der Waals surface area contributed by atoms with Gasteiger partial charge in [0.2, 0.25) is 0 Å². The number of nitrogens with one attached hydrogen (secondary N) is 1. The number of aryl methyl sites for hydroxylation is 1. The van der Waals surface area contributed by atoms with E-state index in [-0.39, 0.29) is 11.1 Å². The fourth-order valence-corrected chi connectivity index (χ4v) is 2.57. The molecule has 0 aliphatic heterocycles. The molecule has 0 spiro atoms. The Kier molecular flexibility index (Phi) is 4.65. The molecule has 1 N–H and O–H groups in total. The van der Waals surface area contributed by atoms with Gasteiger partial charge >= 0.3 is 0 Å². The quantitative estimate of drug-likeness (QED) is 0.770. The third kappa shape index (κ3) is 3.38. The van der Waals surface area contributed by atoms with Crippen LogP contribution in [0, 0.1) is 0 Å². The van der Waals surface area contributed by atoms with Crippen molar-refractivity contribution in [1.82, 2.24) is 9.55 Å². The third-order valence-electron chi connectivity index (χ3n) is 2.49. The minimum atomic E-state index is -0.227. The first kappa shape index (κ1) is 14.6. The van der Waals surface area contributed by atoms with E-state index >= 15 is 0 Å². The van der Waals surface area contributed by atoms with Crippen molar-refractivity contribution >= 4 is 55.1 Å². The van der Waals surface area contributed by atoms with Gasteiger partial charge in [-0.05, 0) is 50.9 Å². The highest BCUT2D eigenvalue weighted by Gasteiger charge is 2.14. The number of nitrogens with zero attached hydrogens (tertiary/aromatic N) is 2. The molecule has 0 aliphatic carbocycles. The summed E-state index contributed by atoms with van der Waals surface area (Å²) in [6.07, 6.45) is 3.43. The lowest BCUT2D eigenvalue weighted by atomic mass is 10.3. The molecule has 0 fully saturated rings. The van der Waals surface area contributed by atoms with Crippen LogP contribution in [0.1, 0.15) is 17.4 Å². The van der Waals surface area contributed by atoms with Gasteiger partial charge in [-0.1, -0.05) is 11.6 Å². The SMILES string of the molecule is CCn1cc(Br)cc1C(=O)Nc1cc(Br)cnc1Cl. The fraction of sp³-hybridized carbons (Fsp3) is 0.167. The highest BCUT2D eigenvalue weighted by atomic mass is 79.9. The predicted molar refractivity (Wildman–Crippen MR) is 82.7 cm³/mol. The number of hydrogen-bond acceptors (Lipinski definition) is 2. The smallest absolute Gasteiger partial charge is 0.272 e. The maximum atomic E-state index is 12.2. The van der Waals surface area contributed by atoms with Crippen molar-refractivity contribution in [2.45, 2.75) is 13.5 Å². The summed E-state index contributed by atoms with van der Waals surface area (Å²) in [7, 11) is 0. The van der Waals surface area contributed by atoms with Crippen molar-refractivity contribution in [3.05, 3.63) is 44.3 Å². The summed E-state index contributed by atoms with van der Waals surface area (Å²) >= 11 is 12.6. The van der Waals surface area contributed by atoms with Gasteiger partial charge in [0.1, 0.15) is 5.69 Å². The van der Waals surface area contributed by atoms with Crippen molar-refractivity contribution in [3.8, 4) is 0 Å². The van der Waals surface area contributed by atoms with Crippen molar-refractivity contribution in [2.75, 3.05) is 5.32 Å². The van der Waals surface area contributed by atoms with Crippen LogP contribution in [0.3, 0.4) is 0 Å². The first-order chi connectivity index (χ1) is 9.01. The lowest BCUT2D eigenvalue weighted by Gasteiger charge is -2.08. The molecule has 7 heteroatoms. The summed E-state index contributed by atoms with van der Waals surface area (Å²) in [5, 5.41) is 3.01. The number of carbonyl (C=O) groups is 1. The molecule has 0 saturated carbocycles. The molecular weight excluding hydrogens is 397 g/mol. The van der Waals surface area contributed by atoms with E-state index < -0.39 is 0 Å². The van der Waals surface area contributed by atoms with Gasteiger partial charge in [-0.15, -0.1) is 0 Å². The standard InChI is InChI=1S/C12H10Br2ClN3O/c1-2-18-6-8(14)4-10(18)12(19)17-9-3-7(13)5-16-11(9)15/h3-6H,2H2,1H3,(H,17,19). The van der Waals surface area contributed by atoms with Crippen molar-refractivity contribution < 1.29 is 4.79 Å². The van der Waals surface area contributed by atoms with Gasteiger partial charge < -0.3 is 9.88 Å². The first-order valence-electron chi connectivity index (χ1n) is 5.49. The lowest BCUT2D eigenvalue weighted by molar-refractivity contribution is 0.101. The molecule has 0 aromatic carbocycles. The molecule has 2 aromatic rings. The van der Waals surface area contributed by atoms with Gasteiger partial charge in [0.25, 0.3) is 5.91 Å². The number of halogens is 3. The highest BCUT2D eigenvalue weighted by molar-refractivity contribution is 9.10. The first-order valence-corrected chi connectivity index (χ1v) is 7.45. The van der Waals surface area contributed by atoms with E-state index in [0.717, 1.165) is 8.95 Å². The monoisotopic (exact) mass is 405 g/mol. The molecule has 4 nitrogen and oxygen atoms in total. The average Bonchev–Trinajstić information content (AvgIpc) is 2.75. The van der Waals surface area contributed by atoms with E-state index in [1.165, 1.54) is 0 Å². The lowest BCUT2D eigenvalue weighted by Crippen LogP contribution is -2.16. The molecule has 0 unspecified atom stereocenters. The molecule has 0 radical (unpaired) electrons. The Bertz CT molecular complexity index is 627. The Morgan fingerprint density at radius 1 is 1.42 bits per heavy atom. The van der Waals surface area contributed by atoms with Crippen molar-refractivity contribution in [1.29, 1.82) is 0 Å². The molecule has 2 heterocycles. The predicted octanol–water partition coefficient (Wildman–Crippen LogP) is 4.33. The van der Waals surface area contributed by atoms with Crippen molar-refractivity contribution in [2.24, 2.45) is 0 Å². The second-order valence-corrected chi connectivity index (χ2v) is 5.96.